The van der Waals surface area contributed by atoms with Crippen molar-refractivity contribution in [2.45, 2.75) is 57.6 Å². The van der Waals surface area contributed by atoms with Crippen LogP contribution in [0.3, 0.4) is 0 Å². The summed E-state index contributed by atoms with van der Waals surface area (Å²) in [6.07, 6.45) is 5.67. The fourth-order valence-corrected chi connectivity index (χ4v) is 5.64. The molecule has 1 saturated carbocycles. The third-order valence-electron chi connectivity index (χ3n) is 6.65. The molecule has 8 nitrogen and oxygen atoms in total. The monoisotopic (exact) mass is 471 g/mol. The van der Waals surface area contributed by atoms with E-state index in [1.807, 2.05) is 25.1 Å². The largest absolute Gasteiger partial charge is 0.491 e. The first-order chi connectivity index (χ1) is 16.1. The summed E-state index contributed by atoms with van der Waals surface area (Å²) in [5.41, 5.74) is 0.952. The first-order valence-corrected chi connectivity index (χ1v) is 12.9. The van der Waals surface area contributed by atoms with E-state index in [2.05, 4.69) is 24.9 Å². The average molecular weight is 472 g/mol. The van der Waals surface area contributed by atoms with Gasteiger partial charge >= 0.3 is 0 Å². The fourth-order valence-electron chi connectivity index (χ4n) is 4.83. The van der Waals surface area contributed by atoms with E-state index in [-0.39, 0.29) is 6.61 Å². The summed E-state index contributed by atoms with van der Waals surface area (Å²) in [5.74, 6) is 2.83. The summed E-state index contributed by atoms with van der Waals surface area (Å²) in [5, 5.41) is 15.8. The maximum absolute atomic E-state index is 10.5. The molecule has 3 heterocycles. The van der Waals surface area contributed by atoms with Crippen LogP contribution in [0.2, 0.25) is 0 Å². The van der Waals surface area contributed by atoms with Gasteiger partial charge < -0.3 is 14.4 Å². The standard InChI is InChI=1S/C24H33N5O3S/c1-17-25-21-13-20(7-8-22(21)33-17)31-16-19(30)14-28-9-11-29(12-10-28)15-23-26-24(32-27-23)18-5-3-2-4-6-18/h7-8,13,18-19,30H,2-6,9-12,14-16H2,1H3/t19-/m1/s1. The molecular weight excluding hydrogens is 438 g/mol. The second-order valence-corrected chi connectivity index (χ2v) is 10.5. The lowest BCUT2D eigenvalue weighted by Crippen LogP contribution is -2.48. The Balaban J connectivity index is 1.03. The first kappa shape index (κ1) is 22.7. The Morgan fingerprint density at radius 2 is 1.91 bits per heavy atom. The van der Waals surface area contributed by atoms with Gasteiger partial charge in [0.1, 0.15) is 18.5 Å². The number of piperazine rings is 1. The lowest BCUT2D eigenvalue weighted by molar-refractivity contribution is 0.0440. The van der Waals surface area contributed by atoms with Gasteiger partial charge in [0.15, 0.2) is 5.82 Å². The molecule has 0 bridgehead atoms. The highest BCUT2D eigenvalue weighted by molar-refractivity contribution is 7.18. The number of fused-ring (bicyclic) bond motifs is 1. The Labute approximate surface area is 198 Å². The van der Waals surface area contributed by atoms with E-state index in [0.29, 0.717) is 12.5 Å². The molecule has 1 N–H and O–H groups in total. The quantitative estimate of drug-likeness (QED) is 0.533. The summed E-state index contributed by atoms with van der Waals surface area (Å²) in [6, 6.07) is 5.92. The molecule has 2 aliphatic rings. The van der Waals surface area contributed by atoms with E-state index >= 15 is 0 Å². The van der Waals surface area contributed by atoms with Gasteiger partial charge in [-0.3, -0.25) is 9.80 Å². The molecule has 0 spiro atoms. The van der Waals surface area contributed by atoms with Crippen LogP contribution in [0.1, 0.15) is 54.7 Å². The topological polar surface area (TPSA) is 87.8 Å². The van der Waals surface area contributed by atoms with Gasteiger partial charge in [-0.15, -0.1) is 11.3 Å². The van der Waals surface area contributed by atoms with Crippen LogP contribution in [-0.2, 0) is 6.54 Å². The number of benzene rings is 1. The predicted molar refractivity (Wildman–Crippen MR) is 128 cm³/mol. The van der Waals surface area contributed by atoms with E-state index in [9.17, 15) is 5.11 Å². The molecule has 0 radical (unpaired) electrons. The summed E-state index contributed by atoms with van der Waals surface area (Å²) in [4.78, 5) is 13.8. The minimum absolute atomic E-state index is 0.279. The van der Waals surface area contributed by atoms with Crippen molar-refractivity contribution >= 4 is 21.6 Å². The third-order valence-corrected chi connectivity index (χ3v) is 7.60. The van der Waals surface area contributed by atoms with E-state index in [0.717, 1.165) is 65.4 Å². The normalized spacial score (nSPS) is 19.8. The molecule has 1 aliphatic heterocycles. The van der Waals surface area contributed by atoms with Gasteiger partial charge in [0.25, 0.3) is 0 Å². The van der Waals surface area contributed by atoms with Gasteiger partial charge in [-0.05, 0) is 31.9 Å². The number of nitrogens with zero attached hydrogens (tertiary/aromatic N) is 5. The Morgan fingerprint density at radius 1 is 1.12 bits per heavy atom. The van der Waals surface area contributed by atoms with Gasteiger partial charge in [0, 0.05) is 44.7 Å². The molecule has 1 atom stereocenters. The van der Waals surface area contributed by atoms with Crippen LogP contribution in [0.25, 0.3) is 10.2 Å². The fraction of sp³-hybridized carbons (Fsp3) is 0.625. The Bertz CT molecular complexity index is 1040. The highest BCUT2D eigenvalue weighted by Crippen LogP contribution is 2.31. The molecule has 9 heteroatoms. The van der Waals surface area contributed by atoms with Gasteiger partial charge in [-0.25, -0.2) is 4.98 Å². The molecule has 1 aliphatic carbocycles. The number of rotatable bonds is 8. The van der Waals surface area contributed by atoms with Crippen molar-refractivity contribution in [1.82, 2.24) is 24.9 Å². The van der Waals surface area contributed by atoms with Gasteiger partial charge in [-0.1, -0.05) is 24.4 Å². The van der Waals surface area contributed by atoms with Crippen LogP contribution in [0.15, 0.2) is 22.7 Å². The van der Waals surface area contributed by atoms with Gasteiger partial charge in [0.05, 0.1) is 21.8 Å². The van der Waals surface area contributed by atoms with Crippen molar-refractivity contribution < 1.29 is 14.4 Å². The second kappa shape index (κ2) is 10.5. The molecule has 0 unspecified atom stereocenters. The highest BCUT2D eigenvalue weighted by atomic mass is 32.1. The number of aliphatic hydroxyl groups is 1. The zero-order valence-corrected chi connectivity index (χ0v) is 20.1. The number of aryl methyl sites for hydroxylation is 1. The molecule has 3 aromatic rings. The Hall–Kier alpha value is -2.07. The average Bonchev–Trinajstić information content (AvgIpc) is 3.45. The molecular formula is C24H33N5O3S. The first-order valence-electron chi connectivity index (χ1n) is 12.1. The van der Waals surface area contributed by atoms with Crippen LogP contribution in [0.5, 0.6) is 5.75 Å². The Kier molecular flexibility index (Phi) is 7.20. The van der Waals surface area contributed by atoms with Crippen molar-refractivity contribution in [2.75, 3.05) is 39.3 Å². The van der Waals surface area contributed by atoms with Crippen molar-refractivity contribution in [3.8, 4) is 5.75 Å². The number of hydrogen-bond donors (Lipinski definition) is 1. The summed E-state index contributed by atoms with van der Waals surface area (Å²) < 4.78 is 12.5. The second-order valence-electron chi connectivity index (χ2n) is 9.29. The van der Waals surface area contributed by atoms with Crippen molar-refractivity contribution in [3.05, 3.63) is 34.9 Å². The number of thiazole rings is 1. The Morgan fingerprint density at radius 3 is 2.73 bits per heavy atom. The number of ether oxygens (including phenoxy) is 1. The third kappa shape index (κ3) is 5.90. The minimum Gasteiger partial charge on any atom is -0.491 e. The van der Waals surface area contributed by atoms with E-state index in [1.54, 1.807) is 11.3 Å². The van der Waals surface area contributed by atoms with Crippen LogP contribution >= 0.6 is 11.3 Å². The van der Waals surface area contributed by atoms with Crippen molar-refractivity contribution in [2.24, 2.45) is 0 Å². The minimum atomic E-state index is -0.528. The molecule has 1 saturated heterocycles. The molecule has 178 valence electrons. The molecule has 33 heavy (non-hydrogen) atoms. The molecule has 2 fully saturated rings. The van der Waals surface area contributed by atoms with Crippen LogP contribution in [0, 0.1) is 6.92 Å². The highest BCUT2D eigenvalue weighted by Gasteiger charge is 2.24. The van der Waals surface area contributed by atoms with Crippen LogP contribution < -0.4 is 4.74 Å². The molecule has 5 rings (SSSR count). The number of hydrogen-bond acceptors (Lipinski definition) is 9. The molecule has 0 amide bonds. The van der Waals surface area contributed by atoms with Gasteiger partial charge in [0.2, 0.25) is 5.89 Å². The van der Waals surface area contributed by atoms with Crippen molar-refractivity contribution in [3.63, 3.8) is 0 Å². The lowest BCUT2D eigenvalue weighted by atomic mass is 9.89. The van der Waals surface area contributed by atoms with E-state index < -0.39 is 6.10 Å². The van der Waals surface area contributed by atoms with Crippen LogP contribution in [0.4, 0.5) is 0 Å². The van der Waals surface area contributed by atoms with E-state index in [4.69, 9.17) is 9.26 Å². The zero-order valence-electron chi connectivity index (χ0n) is 19.3. The maximum atomic E-state index is 10.5. The van der Waals surface area contributed by atoms with Gasteiger partial charge in [-0.2, -0.15) is 4.98 Å². The zero-order chi connectivity index (χ0) is 22.6. The van der Waals surface area contributed by atoms with E-state index in [1.165, 1.54) is 32.1 Å². The summed E-state index contributed by atoms with van der Waals surface area (Å²) in [7, 11) is 0. The lowest BCUT2D eigenvalue weighted by Gasteiger charge is -2.34. The predicted octanol–water partition coefficient (Wildman–Crippen LogP) is 3.59. The van der Waals surface area contributed by atoms with Crippen LogP contribution in [-0.4, -0.2) is 75.5 Å². The SMILES string of the molecule is Cc1nc2cc(OC[C@H](O)CN3CCN(Cc4noc(C5CCCCC5)n4)CC3)ccc2s1. The number of aliphatic hydroxyl groups excluding tert-OH is 1. The maximum Gasteiger partial charge on any atom is 0.229 e. The van der Waals surface area contributed by atoms with Crippen molar-refractivity contribution in [1.29, 1.82) is 0 Å². The smallest absolute Gasteiger partial charge is 0.229 e. The number of aromatic nitrogens is 3. The summed E-state index contributed by atoms with van der Waals surface area (Å²) >= 11 is 1.68. The number of β-amino-alcohol motifs (C(OH)–C–C–N with tert-alkyl or cyclic N) is 1. The summed E-state index contributed by atoms with van der Waals surface area (Å²) in [6.45, 7) is 7.31. The molecule has 2 aromatic heterocycles. The molecule has 1 aromatic carbocycles.